The molecule has 0 aromatic heterocycles. The SMILES string of the molecule is CC(C)(C)N1CC2CCC(C1)N2CN1CC2CC1CN2C(C)(C)C. The van der Waals surface area contributed by atoms with E-state index in [1.54, 1.807) is 0 Å². The van der Waals surface area contributed by atoms with Crippen molar-refractivity contribution < 1.29 is 0 Å². The van der Waals surface area contributed by atoms with Gasteiger partial charge in [0, 0.05) is 61.4 Å². The zero-order valence-corrected chi connectivity index (χ0v) is 16.8. The van der Waals surface area contributed by atoms with Gasteiger partial charge in [-0.3, -0.25) is 19.6 Å². The number of rotatable bonds is 2. The fraction of sp³-hybridized carbons (Fsp3) is 1.00. The van der Waals surface area contributed by atoms with Crippen LogP contribution in [0, 0.1) is 0 Å². The Balaban J connectivity index is 1.37. The van der Waals surface area contributed by atoms with Gasteiger partial charge in [-0.25, -0.2) is 0 Å². The van der Waals surface area contributed by atoms with Crippen LogP contribution in [0.15, 0.2) is 0 Å². The highest BCUT2D eigenvalue weighted by Crippen LogP contribution is 2.38. The number of fused-ring (bicyclic) bond motifs is 4. The molecule has 0 saturated carbocycles. The quantitative estimate of drug-likeness (QED) is 0.769. The molecule has 0 aliphatic carbocycles. The summed E-state index contributed by atoms with van der Waals surface area (Å²) < 4.78 is 0. The van der Waals surface area contributed by atoms with E-state index in [1.807, 2.05) is 0 Å². The molecule has 0 amide bonds. The van der Waals surface area contributed by atoms with E-state index in [0.29, 0.717) is 11.1 Å². The molecule has 0 aromatic carbocycles. The lowest BCUT2D eigenvalue weighted by atomic mass is 10.0. The normalized spacial score (nSPS) is 39.2. The molecule has 4 unspecified atom stereocenters. The van der Waals surface area contributed by atoms with Crippen LogP contribution in [0.25, 0.3) is 0 Å². The zero-order chi connectivity index (χ0) is 17.3. The summed E-state index contributed by atoms with van der Waals surface area (Å²) in [6, 6.07) is 3.18. The highest BCUT2D eigenvalue weighted by atomic mass is 15.5. The van der Waals surface area contributed by atoms with Crippen molar-refractivity contribution in [1.82, 2.24) is 19.6 Å². The van der Waals surface area contributed by atoms with Gasteiger partial charge in [0.2, 0.25) is 0 Å². The molecule has 24 heavy (non-hydrogen) atoms. The highest BCUT2D eigenvalue weighted by molar-refractivity contribution is 5.05. The van der Waals surface area contributed by atoms with Crippen LogP contribution in [0.1, 0.15) is 60.8 Å². The maximum absolute atomic E-state index is 2.87. The van der Waals surface area contributed by atoms with E-state index in [2.05, 4.69) is 61.1 Å². The minimum Gasteiger partial charge on any atom is -0.295 e. The van der Waals surface area contributed by atoms with Crippen molar-refractivity contribution in [2.45, 2.75) is 96.1 Å². The van der Waals surface area contributed by atoms with Crippen LogP contribution >= 0.6 is 0 Å². The third-order valence-corrected chi connectivity index (χ3v) is 7.14. The van der Waals surface area contributed by atoms with Crippen LogP contribution in [0.2, 0.25) is 0 Å². The van der Waals surface area contributed by atoms with E-state index in [1.165, 1.54) is 52.1 Å². The molecule has 0 radical (unpaired) electrons. The first-order chi connectivity index (χ1) is 11.1. The third-order valence-electron chi connectivity index (χ3n) is 7.14. The van der Waals surface area contributed by atoms with E-state index in [-0.39, 0.29) is 0 Å². The zero-order valence-electron chi connectivity index (χ0n) is 16.8. The lowest BCUT2D eigenvalue weighted by Crippen LogP contribution is -2.62. The second-order valence-corrected chi connectivity index (χ2v) is 10.8. The molecule has 4 aliphatic heterocycles. The molecule has 4 aliphatic rings. The van der Waals surface area contributed by atoms with Gasteiger partial charge in [-0.05, 0) is 60.8 Å². The number of piperazine rings is 2. The molecule has 138 valence electrons. The molecule has 4 saturated heterocycles. The molecule has 0 N–H and O–H groups in total. The maximum Gasteiger partial charge on any atom is 0.0516 e. The van der Waals surface area contributed by atoms with Gasteiger partial charge in [0.05, 0.1) is 6.67 Å². The largest absolute Gasteiger partial charge is 0.295 e. The summed E-state index contributed by atoms with van der Waals surface area (Å²) in [7, 11) is 0. The van der Waals surface area contributed by atoms with Crippen molar-refractivity contribution >= 4 is 0 Å². The maximum atomic E-state index is 2.87. The van der Waals surface area contributed by atoms with E-state index in [4.69, 9.17) is 0 Å². The summed E-state index contributed by atoms with van der Waals surface area (Å²) in [6.07, 6.45) is 4.22. The molecule has 0 aromatic rings. The number of hydrogen-bond acceptors (Lipinski definition) is 4. The molecule has 4 atom stereocenters. The first kappa shape index (κ1) is 17.3. The first-order valence-electron chi connectivity index (χ1n) is 10.1. The summed E-state index contributed by atoms with van der Waals surface area (Å²) >= 11 is 0. The first-order valence-corrected chi connectivity index (χ1v) is 10.1. The fourth-order valence-electron chi connectivity index (χ4n) is 5.72. The van der Waals surface area contributed by atoms with Crippen LogP contribution in [-0.4, -0.2) is 87.7 Å². The molecule has 4 heterocycles. The Morgan fingerprint density at radius 2 is 1.33 bits per heavy atom. The van der Waals surface area contributed by atoms with Gasteiger partial charge < -0.3 is 0 Å². The second kappa shape index (κ2) is 5.67. The Kier molecular flexibility index (Phi) is 4.08. The van der Waals surface area contributed by atoms with Gasteiger partial charge in [-0.15, -0.1) is 0 Å². The summed E-state index contributed by atoms with van der Waals surface area (Å²) in [5, 5.41) is 0. The Morgan fingerprint density at radius 3 is 1.79 bits per heavy atom. The molecule has 4 bridgehead atoms. The molecule has 4 nitrogen and oxygen atoms in total. The predicted octanol–water partition coefficient (Wildman–Crippen LogP) is 2.45. The third kappa shape index (κ3) is 2.94. The Bertz CT molecular complexity index is 463. The number of nitrogens with zero attached hydrogens (tertiary/aromatic N) is 4. The number of likely N-dealkylation sites (tertiary alicyclic amines) is 3. The summed E-state index contributed by atoms with van der Waals surface area (Å²) in [4.78, 5) is 11.2. The minimum atomic E-state index is 0.326. The monoisotopic (exact) mass is 334 g/mol. The summed E-state index contributed by atoms with van der Waals surface area (Å²) in [6.45, 7) is 20.6. The van der Waals surface area contributed by atoms with Crippen molar-refractivity contribution in [3.8, 4) is 0 Å². The van der Waals surface area contributed by atoms with Crippen molar-refractivity contribution in [3.63, 3.8) is 0 Å². The molecule has 4 rings (SSSR count). The van der Waals surface area contributed by atoms with Crippen molar-refractivity contribution in [3.05, 3.63) is 0 Å². The van der Waals surface area contributed by atoms with Crippen molar-refractivity contribution in [1.29, 1.82) is 0 Å². The van der Waals surface area contributed by atoms with Crippen LogP contribution in [0.5, 0.6) is 0 Å². The average molecular weight is 335 g/mol. The Hall–Kier alpha value is -0.160. The predicted molar refractivity (Wildman–Crippen MR) is 100 cm³/mol. The van der Waals surface area contributed by atoms with Gasteiger partial charge in [0.1, 0.15) is 0 Å². The van der Waals surface area contributed by atoms with Gasteiger partial charge in [0.25, 0.3) is 0 Å². The smallest absolute Gasteiger partial charge is 0.0516 e. The van der Waals surface area contributed by atoms with Gasteiger partial charge in [-0.2, -0.15) is 0 Å². The molecular weight excluding hydrogens is 296 g/mol. The van der Waals surface area contributed by atoms with Gasteiger partial charge in [0.15, 0.2) is 0 Å². The van der Waals surface area contributed by atoms with E-state index in [0.717, 1.165) is 24.2 Å². The molecule has 0 spiro atoms. The van der Waals surface area contributed by atoms with Crippen LogP contribution in [0.3, 0.4) is 0 Å². The van der Waals surface area contributed by atoms with E-state index < -0.39 is 0 Å². The molecular formula is C20H38N4. The lowest BCUT2D eigenvalue weighted by molar-refractivity contribution is -0.0303. The summed E-state index contributed by atoms with van der Waals surface area (Å²) in [5.41, 5.74) is 0.662. The Labute approximate surface area is 149 Å². The van der Waals surface area contributed by atoms with E-state index in [9.17, 15) is 0 Å². The standard InChI is InChI=1S/C20H38N4/c1-19(2,3)22-11-15-7-8-16(12-22)23(15)14-21-10-18-9-17(21)13-24(18)20(4,5)6/h15-18H,7-14H2,1-6H3. The molecule has 4 fully saturated rings. The van der Waals surface area contributed by atoms with Crippen LogP contribution in [-0.2, 0) is 0 Å². The van der Waals surface area contributed by atoms with Crippen LogP contribution < -0.4 is 0 Å². The number of hydrogen-bond donors (Lipinski definition) is 0. The Morgan fingerprint density at radius 1 is 0.708 bits per heavy atom. The van der Waals surface area contributed by atoms with Crippen molar-refractivity contribution in [2.24, 2.45) is 0 Å². The van der Waals surface area contributed by atoms with Crippen molar-refractivity contribution in [2.75, 3.05) is 32.8 Å². The molecule has 4 heteroatoms. The average Bonchev–Trinajstić information content (AvgIpc) is 3.09. The topological polar surface area (TPSA) is 13.0 Å². The highest BCUT2D eigenvalue weighted by Gasteiger charge is 2.49. The van der Waals surface area contributed by atoms with Gasteiger partial charge in [-0.1, -0.05) is 0 Å². The minimum absolute atomic E-state index is 0.326. The van der Waals surface area contributed by atoms with Gasteiger partial charge >= 0.3 is 0 Å². The second-order valence-electron chi connectivity index (χ2n) is 10.8. The van der Waals surface area contributed by atoms with Crippen LogP contribution in [0.4, 0.5) is 0 Å². The summed E-state index contributed by atoms with van der Waals surface area (Å²) in [5.74, 6) is 0. The van der Waals surface area contributed by atoms with E-state index >= 15 is 0 Å². The fourth-order valence-corrected chi connectivity index (χ4v) is 5.72. The lowest BCUT2D eigenvalue weighted by Gasteiger charge is -2.49.